The van der Waals surface area contributed by atoms with Crippen molar-refractivity contribution in [2.45, 2.75) is 0 Å². The lowest BCUT2D eigenvalue weighted by atomic mass is 10.2. The Morgan fingerprint density at radius 1 is 1.14 bits per heavy atom. The Hall–Kier alpha value is -2.05. The Kier molecular flexibility index (Phi) is 4.50. The van der Waals surface area contributed by atoms with Gasteiger partial charge in [0, 0.05) is 10.6 Å². The fourth-order valence-electron chi connectivity index (χ4n) is 1.53. The van der Waals surface area contributed by atoms with E-state index in [-0.39, 0.29) is 16.3 Å². The summed E-state index contributed by atoms with van der Waals surface area (Å²) in [6, 6.07) is 5.96. The summed E-state index contributed by atoms with van der Waals surface area (Å²) < 4.78 is 32.9. The van der Waals surface area contributed by atoms with E-state index in [1.165, 1.54) is 18.2 Å². The zero-order valence-electron chi connectivity index (χ0n) is 10.3. The van der Waals surface area contributed by atoms with Crippen LogP contribution in [0.4, 0.5) is 8.78 Å². The maximum atomic E-state index is 13.9. The van der Waals surface area contributed by atoms with Crippen molar-refractivity contribution >= 4 is 29.0 Å². The van der Waals surface area contributed by atoms with Crippen molar-refractivity contribution in [3.8, 4) is 11.5 Å². The van der Waals surface area contributed by atoms with Crippen LogP contribution < -0.4 is 10.5 Å². The number of benzene rings is 2. The quantitative estimate of drug-likeness (QED) is 0.384. The summed E-state index contributed by atoms with van der Waals surface area (Å²) in [6.07, 6.45) is 0. The van der Waals surface area contributed by atoms with Crippen LogP contribution in [0.15, 0.2) is 35.5 Å². The van der Waals surface area contributed by atoms with Gasteiger partial charge in [0.15, 0.2) is 23.2 Å². The van der Waals surface area contributed by atoms with Crippen LogP contribution in [-0.2, 0) is 0 Å². The van der Waals surface area contributed by atoms with E-state index in [0.717, 1.165) is 12.1 Å². The molecule has 0 fully saturated rings. The predicted molar refractivity (Wildman–Crippen MR) is 75.4 cm³/mol. The highest BCUT2D eigenvalue weighted by Crippen LogP contribution is 2.34. The monoisotopic (exact) mass is 332 g/mol. The number of halogens is 4. The average Bonchev–Trinajstić information content (AvgIpc) is 2.43. The van der Waals surface area contributed by atoms with Crippen LogP contribution in [0.25, 0.3) is 0 Å². The molecule has 0 aromatic heterocycles. The Morgan fingerprint density at radius 2 is 1.76 bits per heavy atom. The highest BCUT2D eigenvalue weighted by atomic mass is 35.5. The Bertz CT molecular complexity index is 700. The van der Waals surface area contributed by atoms with Crippen LogP contribution >= 0.6 is 23.2 Å². The number of ether oxygens (including phenoxy) is 1. The van der Waals surface area contributed by atoms with Crippen molar-refractivity contribution in [1.29, 1.82) is 0 Å². The number of amidine groups is 1. The zero-order valence-corrected chi connectivity index (χ0v) is 11.8. The van der Waals surface area contributed by atoms with Crippen molar-refractivity contribution in [3.63, 3.8) is 0 Å². The zero-order chi connectivity index (χ0) is 15.6. The first kappa shape index (κ1) is 15.3. The minimum absolute atomic E-state index is 0.0374. The van der Waals surface area contributed by atoms with E-state index in [4.69, 9.17) is 38.9 Å². The number of nitrogens with zero attached hydrogens (tertiary/aromatic N) is 1. The SMILES string of the molecule is N/C(=N/O)c1cc(F)c(Oc2ccc(Cl)cc2Cl)c(F)c1. The molecule has 2 aromatic rings. The molecule has 0 saturated heterocycles. The van der Waals surface area contributed by atoms with Crippen molar-refractivity contribution in [2.75, 3.05) is 0 Å². The van der Waals surface area contributed by atoms with Gasteiger partial charge >= 0.3 is 0 Å². The van der Waals surface area contributed by atoms with Crippen molar-refractivity contribution in [3.05, 3.63) is 57.6 Å². The lowest BCUT2D eigenvalue weighted by Crippen LogP contribution is -2.14. The first-order valence-corrected chi connectivity index (χ1v) is 6.28. The van der Waals surface area contributed by atoms with Gasteiger partial charge in [-0.15, -0.1) is 0 Å². The molecule has 3 N–H and O–H groups in total. The maximum absolute atomic E-state index is 13.9. The minimum Gasteiger partial charge on any atom is -0.450 e. The largest absolute Gasteiger partial charge is 0.450 e. The molecule has 4 nitrogen and oxygen atoms in total. The third kappa shape index (κ3) is 3.34. The highest BCUT2D eigenvalue weighted by Gasteiger charge is 2.16. The molecule has 110 valence electrons. The van der Waals surface area contributed by atoms with Gasteiger partial charge < -0.3 is 15.7 Å². The van der Waals surface area contributed by atoms with E-state index in [1.807, 2.05) is 0 Å². The van der Waals surface area contributed by atoms with E-state index in [9.17, 15) is 8.78 Å². The first-order chi connectivity index (χ1) is 9.92. The van der Waals surface area contributed by atoms with Gasteiger partial charge in [-0.25, -0.2) is 8.78 Å². The molecule has 21 heavy (non-hydrogen) atoms. The predicted octanol–water partition coefficient (Wildman–Crippen LogP) is 4.16. The standard InChI is InChI=1S/C13H8Cl2F2N2O2/c14-7-1-2-11(8(15)5-7)21-12-9(16)3-6(4-10(12)17)13(18)19-20/h1-5,20H,(H2,18,19). The molecule has 0 aliphatic carbocycles. The number of hydrogen-bond donors (Lipinski definition) is 2. The second-order valence-corrected chi connectivity index (χ2v) is 4.77. The molecule has 0 heterocycles. The van der Waals surface area contributed by atoms with Crippen LogP contribution in [-0.4, -0.2) is 11.0 Å². The number of rotatable bonds is 3. The first-order valence-electron chi connectivity index (χ1n) is 5.52. The topological polar surface area (TPSA) is 67.8 Å². The third-order valence-electron chi connectivity index (χ3n) is 2.51. The summed E-state index contributed by atoms with van der Waals surface area (Å²) in [7, 11) is 0. The molecule has 0 aliphatic heterocycles. The van der Waals surface area contributed by atoms with Gasteiger partial charge in [0.05, 0.1) is 5.02 Å². The van der Waals surface area contributed by atoms with Crippen molar-refractivity contribution in [1.82, 2.24) is 0 Å². The van der Waals surface area contributed by atoms with Gasteiger partial charge in [-0.2, -0.15) is 0 Å². The van der Waals surface area contributed by atoms with Gasteiger partial charge in [0.1, 0.15) is 5.75 Å². The van der Waals surface area contributed by atoms with Crippen LogP contribution in [0, 0.1) is 11.6 Å². The maximum Gasteiger partial charge on any atom is 0.198 e. The average molecular weight is 333 g/mol. The molecule has 0 spiro atoms. The van der Waals surface area contributed by atoms with Gasteiger partial charge in [0.2, 0.25) is 0 Å². The fourth-order valence-corrected chi connectivity index (χ4v) is 1.98. The molecule has 2 aromatic carbocycles. The number of oxime groups is 1. The lowest BCUT2D eigenvalue weighted by molar-refractivity contribution is 0.318. The summed E-state index contributed by atoms with van der Waals surface area (Å²) in [4.78, 5) is 0. The summed E-state index contributed by atoms with van der Waals surface area (Å²) in [6.45, 7) is 0. The van der Waals surface area contributed by atoms with Gasteiger partial charge in [-0.1, -0.05) is 28.4 Å². The second kappa shape index (κ2) is 6.15. The molecule has 0 bridgehead atoms. The molecule has 2 rings (SSSR count). The van der Waals surface area contributed by atoms with Crippen molar-refractivity contribution in [2.24, 2.45) is 10.9 Å². The van der Waals surface area contributed by atoms with Gasteiger partial charge in [-0.05, 0) is 30.3 Å². The summed E-state index contributed by atoms with van der Waals surface area (Å²) in [5, 5.41) is 11.6. The molecule has 8 heteroatoms. The minimum atomic E-state index is -1.03. The molecular weight excluding hydrogens is 325 g/mol. The Labute approximate surface area is 128 Å². The van der Waals surface area contributed by atoms with E-state index < -0.39 is 23.2 Å². The van der Waals surface area contributed by atoms with Gasteiger partial charge in [-0.3, -0.25) is 0 Å². The highest BCUT2D eigenvalue weighted by molar-refractivity contribution is 6.35. The third-order valence-corrected chi connectivity index (χ3v) is 3.04. The summed E-state index contributed by atoms with van der Waals surface area (Å²) in [5.41, 5.74) is 5.14. The molecule has 0 aliphatic rings. The molecule has 0 radical (unpaired) electrons. The molecule has 0 saturated carbocycles. The second-order valence-electron chi connectivity index (χ2n) is 3.93. The fraction of sp³-hybridized carbons (Fsp3) is 0. The Balaban J connectivity index is 2.41. The van der Waals surface area contributed by atoms with Crippen LogP contribution in [0.3, 0.4) is 0 Å². The van der Waals surface area contributed by atoms with Crippen LogP contribution in [0.1, 0.15) is 5.56 Å². The Morgan fingerprint density at radius 3 is 2.29 bits per heavy atom. The van der Waals surface area contributed by atoms with Crippen LogP contribution in [0.5, 0.6) is 11.5 Å². The molecule has 0 amide bonds. The normalized spacial score (nSPS) is 11.5. The smallest absolute Gasteiger partial charge is 0.198 e. The van der Waals surface area contributed by atoms with E-state index in [0.29, 0.717) is 5.02 Å². The van der Waals surface area contributed by atoms with Crippen molar-refractivity contribution < 1.29 is 18.7 Å². The lowest BCUT2D eigenvalue weighted by Gasteiger charge is -2.10. The summed E-state index contributed by atoms with van der Waals surface area (Å²) in [5.74, 6) is -3.10. The molecular formula is C13H8Cl2F2N2O2. The number of nitrogens with two attached hydrogens (primary N) is 1. The van der Waals surface area contributed by atoms with E-state index in [2.05, 4.69) is 5.16 Å². The molecule has 0 unspecified atom stereocenters. The van der Waals surface area contributed by atoms with Gasteiger partial charge in [0.25, 0.3) is 0 Å². The van der Waals surface area contributed by atoms with E-state index >= 15 is 0 Å². The van der Waals surface area contributed by atoms with E-state index in [1.54, 1.807) is 0 Å². The summed E-state index contributed by atoms with van der Waals surface area (Å²) >= 11 is 11.6. The number of hydrogen-bond acceptors (Lipinski definition) is 3. The van der Waals surface area contributed by atoms with Crippen LogP contribution in [0.2, 0.25) is 10.0 Å². The molecule has 0 atom stereocenters.